The minimum absolute atomic E-state index is 0.0831. The van der Waals surface area contributed by atoms with Crippen molar-refractivity contribution in [2.75, 3.05) is 7.11 Å². The van der Waals surface area contributed by atoms with Gasteiger partial charge in [0.25, 0.3) is 0 Å². The lowest BCUT2D eigenvalue weighted by atomic mass is 10.1. The Hall–Kier alpha value is -1.88. The first-order valence-electron chi connectivity index (χ1n) is 6.17. The summed E-state index contributed by atoms with van der Waals surface area (Å²) >= 11 is 0. The number of aromatic nitrogens is 2. The van der Waals surface area contributed by atoms with Crippen molar-refractivity contribution < 1.29 is 9.13 Å². The van der Waals surface area contributed by atoms with E-state index in [0.29, 0.717) is 17.9 Å². The van der Waals surface area contributed by atoms with E-state index in [9.17, 15) is 4.39 Å². The van der Waals surface area contributed by atoms with Crippen LogP contribution in [0.1, 0.15) is 29.8 Å². The van der Waals surface area contributed by atoms with Gasteiger partial charge in [0.1, 0.15) is 11.6 Å². The average Bonchev–Trinajstić information content (AvgIpc) is 2.81. The number of nitrogens with zero attached hydrogens (tertiary/aromatic N) is 1. The van der Waals surface area contributed by atoms with Crippen LogP contribution in [0, 0.1) is 12.7 Å². The normalized spacial score (nSPS) is 12.4. The summed E-state index contributed by atoms with van der Waals surface area (Å²) in [5.74, 6) is 0.266. The van der Waals surface area contributed by atoms with E-state index >= 15 is 0 Å². The Morgan fingerprint density at radius 1 is 1.47 bits per heavy atom. The molecule has 1 aromatic carbocycles. The molecule has 0 fully saturated rings. The van der Waals surface area contributed by atoms with Crippen molar-refractivity contribution in [3.63, 3.8) is 0 Å². The zero-order valence-corrected chi connectivity index (χ0v) is 11.3. The van der Waals surface area contributed by atoms with Crippen LogP contribution >= 0.6 is 0 Å². The quantitative estimate of drug-likeness (QED) is 0.872. The molecule has 0 saturated carbocycles. The molecule has 2 aromatic rings. The number of benzene rings is 1. The van der Waals surface area contributed by atoms with Crippen molar-refractivity contribution in [3.05, 3.63) is 47.0 Å². The van der Waals surface area contributed by atoms with Crippen LogP contribution in [0.15, 0.2) is 24.4 Å². The molecule has 0 bridgehead atoms. The SMILES string of the molecule is COc1ccc(C(C)NCc2cn[nH]c2C)c(F)c1. The van der Waals surface area contributed by atoms with Gasteiger partial charge in [-0.05, 0) is 19.9 Å². The van der Waals surface area contributed by atoms with Crippen molar-refractivity contribution in [2.24, 2.45) is 0 Å². The smallest absolute Gasteiger partial charge is 0.131 e. The van der Waals surface area contributed by atoms with E-state index in [1.54, 1.807) is 18.3 Å². The molecular weight excluding hydrogens is 245 g/mol. The molecule has 2 N–H and O–H groups in total. The van der Waals surface area contributed by atoms with E-state index in [1.807, 2.05) is 13.8 Å². The number of nitrogens with one attached hydrogen (secondary N) is 2. The van der Waals surface area contributed by atoms with Crippen molar-refractivity contribution in [1.82, 2.24) is 15.5 Å². The monoisotopic (exact) mass is 263 g/mol. The highest BCUT2D eigenvalue weighted by atomic mass is 19.1. The van der Waals surface area contributed by atoms with Crippen LogP contribution in [-0.2, 0) is 6.54 Å². The lowest BCUT2D eigenvalue weighted by Crippen LogP contribution is -2.19. The van der Waals surface area contributed by atoms with Crippen LogP contribution in [-0.4, -0.2) is 17.3 Å². The zero-order chi connectivity index (χ0) is 13.8. The molecule has 5 heteroatoms. The third-order valence-electron chi connectivity index (χ3n) is 3.21. The van der Waals surface area contributed by atoms with Crippen molar-refractivity contribution >= 4 is 0 Å². The first-order chi connectivity index (χ1) is 9.11. The van der Waals surface area contributed by atoms with Gasteiger partial charge in [-0.25, -0.2) is 4.39 Å². The Bertz CT molecular complexity index is 553. The fourth-order valence-corrected chi connectivity index (χ4v) is 1.91. The summed E-state index contributed by atoms with van der Waals surface area (Å²) < 4.78 is 18.9. The van der Waals surface area contributed by atoms with Gasteiger partial charge in [-0.1, -0.05) is 6.07 Å². The second-order valence-electron chi connectivity index (χ2n) is 4.51. The van der Waals surface area contributed by atoms with Crippen LogP contribution in [0.25, 0.3) is 0 Å². The maximum Gasteiger partial charge on any atom is 0.131 e. The molecule has 0 spiro atoms. The summed E-state index contributed by atoms with van der Waals surface area (Å²) in [7, 11) is 1.53. The highest BCUT2D eigenvalue weighted by Crippen LogP contribution is 2.22. The molecule has 0 radical (unpaired) electrons. The molecule has 19 heavy (non-hydrogen) atoms. The Kier molecular flexibility index (Phi) is 4.16. The predicted octanol–water partition coefficient (Wildman–Crippen LogP) is 2.72. The molecule has 1 atom stereocenters. The Balaban J connectivity index is 2.03. The summed E-state index contributed by atoms with van der Waals surface area (Å²) in [4.78, 5) is 0. The third-order valence-corrected chi connectivity index (χ3v) is 3.21. The molecule has 102 valence electrons. The first kappa shape index (κ1) is 13.5. The van der Waals surface area contributed by atoms with Crippen molar-refractivity contribution in [2.45, 2.75) is 26.4 Å². The molecule has 2 rings (SSSR count). The number of hydrogen-bond donors (Lipinski definition) is 2. The van der Waals surface area contributed by atoms with Crippen LogP contribution in [0.4, 0.5) is 4.39 Å². The maximum atomic E-state index is 13.9. The molecule has 0 aliphatic heterocycles. The summed E-state index contributed by atoms with van der Waals surface area (Å²) in [6.07, 6.45) is 1.78. The van der Waals surface area contributed by atoms with Crippen molar-refractivity contribution in [1.29, 1.82) is 0 Å². The van der Waals surface area contributed by atoms with Gasteiger partial charge in [0.15, 0.2) is 0 Å². The standard InChI is InChI=1S/C14H18FN3O/c1-9-11(8-17-18-9)7-16-10(2)13-5-4-12(19-3)6-14(13)15/h4-6,8,10,16H,7H2,1-3H3,(H,17,18). The summed E-state index contributed by atoms with van der Waals surface area (Å²) in [5.41, 5.74) is 2.73. The van der Waals surface area contributed by atoms with Gasteiger partial charge in [-0.2, -0.15) is 5.10 Å². The second kappa shape index (κ2) is 5.84. The Morgan fingerprint density at radius 3 is 2.84 bits per heavy atom. The number of aromatic amines is 1. The third kappa shape index (κ3) is 3.12. The number of H-pyrrole nitrogens is 1. The molecule has 1 heterocycles. The maximum absolute atomic E-state index is 13.9. The largest absolute Gasteiger partial charge is 0.497 e. The predicted molar refractivity (Wildman–Crippen MR) is 71.5 cm³/mol. The molecule has 0 aliphatic rings. The summed E-state index contributed by atoms with van der Waals surface area (Å²) in [5, 5.41) is 10.1. The van der Waals surface area contributed by atoms with Crippen LogP contribution in [0.2, 0.25) is 0 Å². The topological polar surface area (TPSA) is 49.9 Å². The fraction of sp³-hybridized carbons (Fsp3) is 0.357. The number of rotatable bonds is 5. The summed E-state index contributed by atoms with van der Waals surface area (Å²) in [6.45, 7) is 4.54. The van der Waals surface area contributed by atoms with Gasteiger partial charge in [-0.3, -0.25) is 5.10 Å². The average molecular weight is 263 g/mol. The number of ether oxygens (including phenoxy) is 1. The lowest BCUT2D eigenvalue weighted by Gasteiger charge is -2.15. The van der Waals surface area contributed by atoms with E-state index in [2.05, 4.69) is 15.5 Å². The van der Waals surface area contributed by atoms with E-state index in [-0.39, 0.29) is 11.9 Å². The Labute approximate surface area is 112 Å². The van der Waals surface area contributed by atoms with Gasteiger partial charge >= 0.3 is 0 Å². The van der Waals surface area contributed by atoms with Crippen LogP contribution in [0.5, 0.6) is 5.75 Å². The van der Waals surface area contributed by atoms with Gasteiger partial charge in [-0.15, -0.1) is 0 Å². The molecule has 0 amide bonds. The lowest BCUT2D eigenvalue weighted by molar-refractivity contribution is 0.409. The molecule has 0 aliphatic carbocycles. The number of methoxy groups -OCH3 is 1. The van der Waals surface area contributed by atoms with Gasteiger partial charge in [0, 0.05) is 35.5 Å². The van der Waals surface area contributed by atoms with Gasteiger partial charge in [0.2, 0.25) is 0 Å². The molecule has 1 unspecified atom stereocenters. The Morgan fingerprint density at radius 2 is 2.26 bits per heavy atom. The molecule has 0 saturated heterocycles. The zero-order valence-electron chi connectivity index (χ0n) is 11.3. The van der Waals surface area contributed by atoms with E-state index in [4.69, 9.17) is 4.74 Å². The second-order valence-corrected chi connectivity index (χ2v) is 4.51. The van der Waals surface area contributed by atoms with Crippen molar-refractivity contribution in [3.8, 4) is 5.75 Å². The number of aryl methyl sites for hydroxylation is 1. The van der Waals surface area contributed by atoms with E-state index < -0.39 is 0 Å². The van der Waals surface area contributed by atoms with Crippen LogP contribution < -0.4 is 10.1 Å². The van der Waals surface area contributed by atoms with Gasteiger partial charge in [0.05, 0.1) is 13.3 Å². The molecule has 4 nitrogen and oxygen atoms in total. The highest BCUT2D eigenvalue weighted by molar-refractivity contribution is 5.30. The molecule has 1 aromatic heterocycles. The summed E-state index contributed by atoms with van der Waals surface area (Å²) in [6, 6.07) is 4.82. The van der Waals surface area contributed by atoms with Gasteiger partial charge < -0.3 is 10.1 Å². The minimum atomic E-state index is -0.261. The minimum Gasteiger partial charge on any atom is -0.497 e. The van der Waals surface area contributed by atoms with E-state index in [1.165, 1.54) is 13.2 Å². The highest BCUT2D eigenvalue weighted by Gasteiger charge is 2.12. The van der Waals surface area contributed by atoms with Crippen LogP contribution in [0.3, 0.4) is 0 Å². The fourth-order valence-electron chi connectivity index (χ4n) is 1.91. The molecular formula is C14H18FN3O. The first-order valence-corrected chi connectivity index (χ1v) is 6.17. The number of hydrogen-bond acceptors (Lipinski definition) is 3. The number of halogens is 1. The van der Waals surface area contributed by atoms with E-state index in [0.717, 1.165) is 11.3 Å².